The fourth-order valence-electron chi connectivity index (χ4n) is 2.30. The maximum absolute atomic E-state index is 12.6. The molecule has 20 heavy (non-hydrogen) atoms. The van der Waals surface area contributed by atoms with Crippen molar-refractivity contribution in [1.82, 2.24) is 9.21 Å². The predicted molar refractivity (Wildman–Crippen MR) is 77.9 cm³/mol. The van der Waals surface area contributed by atoms with Gasteiger partial charge in [0.15, 0.2) is 0 Å². The van der Waals surface area contributed by atoms with Crippen LogP contribution in [0, 0.1) is 0 Å². The minimum Gasteiger partial charge on any atom is -0.388 e. The van der Waals surface area contributed by atoms with Gasteiger partial charge in [0.2, 0.25) is 10.0 Å². The van der Waals surface area contributed by atoms with Crippen LogP contribution in [0.25, 0.3) is 0 Å². The van der Waals surface area contributed by atoms with Gasteiger partial charge < -0.3 is 10.0 Å². The number of aliphatic hydroxyl groups is 1. The zero-order valence-corrected chi connectivity index (χ0v) is 12.8. The number of sulfonamides is 1. The van der Waals surface area contributed by atoms with Crippen LogP contribution in [-0.4, -0.2) is 56.0 Å². The number of piperazine rings is 1. The van der Waals surface area contributed by atoms with Crippen LogP contribution in [0.3, 0.4) is 0 Å². The second-order valence-corrected chi connectivity index (χ2v) is 7.14. The summed E-state index contributed by atoms with van der Waals surface area (Å²) in [6.07, 6.45) is -0.0458. The van der Waals surface area contributed by atoms with Gasteiger partial charge in [-0.15, -0.1) is 0 Å². The van der Waals surface area contributed by atoms with Crippen LogP contribution < -0.4 is 0 Å². The molecule has 0 bridgehead atoms. The molecule has 1 aromatic carbocycles. The molecule has 1 unspecified atom stereocenters. The second-order valence-electron chi connectivity index (χ2n) is 5.20. The summed E-state index contributed by atoms with van der Waals surface area (Å²) in [5.41, 5.74) is 0.655. The molecule has 0 radical (unpaired) electrons. The van der Waals surface area contributed by atoms with Crippen LogP contribution in [0.1, 0.15) is 25.0 Å². The fraction of sp³-hybridized carbons (Fsp3) is 0.571. The molecule has 1 atom stereocenters. The molecule has 1 fully saturated rings. The average Bonchev–Trinajstić information content (AvgIpc) is 2.47. The number of rotatable bonds is 4. The monoisotopic (exact) mass is 298 g/mol. The lowest BCUT2D eigenvalue weighted by molar-refractivity contribution is 0.173. The third-order valence-corrected chi connectivity index (χ3v) is 5.62. The van der Waals surface area contributed by atoms with Crippen molar-refractivity contribution in [3.8, 4) is 0 Å². The van der Waals surface area contributed by atoms with E-state index in [2.05, 4.69) is 4.90 Å². The first kappa shape index (κ1) is 15.4. The number of aliphatic hydroxyl groups excluding tert-OH is 1. The van der Waals surface area contributed by atoms with E-state index in [4.69, 9.17) is 0 Å². The Kier molecular flexibility index (Phi) is 4.80. The smallest absolute Gasteiger partial charge is 0.243 e. The Hall–Kier alpha value is -0.950. The van der Waals surface area contributed by atoms with E-state index in [0.29, 0.717) is 25.1 Å². The van der Waals surface area contributed by atoms with Crippen molar-refractivity contribution in [2.24, 2.45) is 0 Å². The molecule has 1 saturated heterocycles. The molecule has 0 spiro atoms. The van der Waals surface area contributed by atoms with E-state index in [1.165, 1.54) is 4.31 Å². The Morgan fingerprint density at radius 2 is 1.90 bits per heavy atom. The van der Waals surface area contributed by atoms with Crippen molar-refractivity contribution >= 4 is 10.0 Å². The molecule has 0 aromatic heterocycles. The molecular formula is C14H22N2O3S. The number of nitrogens with zero attached hydrogens (tertiary/aromatic N) is 2. The quantitative estimate of drug-likeness (QED) is 0.903. The summed E-state index contributed by atoms with van der Waals surface area (Å²) in [7, 11) is -1.47. The molecule has 112 valence electrons. The molecule has 0 amide bonds. The summed E-state index contributed by atoms with van der Waals surface area (Å²) in [6.45, 7) is 4.39. The van der Waals surface area contributed by atoms with Gasteiger partial charge in [0.1, 0.15) is 0 Å². The van der Waals surface area contributed by atoms with Crippen molar-refractivity contribution in [1.29, 1.82) is 0 Å². The normalized spacial score (nSPS) is 19.9. The van der Waals surface area contributed by atoms with E-state index in [0.717, 1.165) is 13.1 Å². The molecule has 6 heteroatoms. The minimum absolute atomic E-state index is 0.270. The highest BCUT2D eigenvalue weighted by atomic mass is 32.2. The summed E-state index contributed by atoms with van der Waals surface area (Å²) >= 11 is 0. The maximum Gasteiger partial charge on any atom is 0.243 e. The van der Waals surface area contributed by atoms with Crippen molar-refractivity contribution in [2.45, 2.75) is 24.3 Å². The third-order valence-electron chi connectivity index (χ3n) is 3.73. The molecule has 1 aliphatic rings. The van der Waals surface area contributed by atoms with Gasteiger partial charge >= 0.3 is 0 Å². The Morgan fingerprint density at radius 1 is 1.25 bits per heavy atom. The number of benzene rings is 1. The Labute approximate surface area is 120 Å². The lowest BCUT2D eigenvalue weighted by Crippen LogP contribution is -2.47. The van der Waals surface area contributed by atoms with E-state index in [1.54, 1.807) is 24.3 Å². The van der Waals surface area contributed by atoms with E-state index in [9.17, 15) is 13.5 Å². The summed E-state index contributed by atoms with van der Waals surface area (Å²) in [4.78, 5) is 2.38. The van der Waals surface area contributed by atoms with E-state index in [-0.39, 0.29) is 4.90 Å². The van der Waals surface area contributed by atoms with Gasteiger partial charge in [-0.25, -0.2) is 8.42 Å². The molecule has 1 aromatic rings. The Balaban J connectivity index is 2.25. The first-order chi connectivity index (χ1) is 9.45. The molecule has 1 heterocycles. The SMILES string of the molecule is CCC(O)c1cccc(S(=O)(=O)N2CCN(C)CC2)c1. The summed E-state index contributed by atoms with van der Waals surface area (Å²) in [5, 5.41) is 9.85. The Bertz CT molecular complexity index is 551. The Morgan fingerprint density at radius 3 is 2.50 bits per heavy atom. The average molecular weight is 298 g/mol. The van der Waals surface area contributed by atoms with E-state index < -0.39 is 16.1 Å². The van der Waals surface area contributed by atoms with Gasteiger partial charge in [-0.05, 0) is 31.2 Å². The highest BCUT2D eigenvalue weighted by Crippen LogP contribution is 2.22. The highest BCUT2D eigenvalue weighted by molar-refractivity contribution is 7.89. The van der Waals surface area contributed by atoms with Crippen molar-refractivity contribution in [2.75, 3.05) is 33.2 Å². The lowest BCUT2D eigenvalue weighted by Gasteiger charge is -2.31. The summed E-state index contributed by atoms with van der Waals surface area (Å²) in [5.74, 6) is 0. The first-order valence-corrected chi connectivity index (χ1v) is 8.36. The van der Waals surface area contributed by atoms with Gasteiger partial charge in [-0.3, -0.25) is 0 Å². The molecule has 0 aliphatic carbocycles. The molecular weight excluding hydrogens is 276 g/mol. The maximum atomic E-state index is 12.6. The van der Waals surface area contributed by atoms with E-state index in [1.807, 2.05) is 14.0 Å². The molecule has 5 nitrogen and oxygen atoms in total. The first-order valence-electron chi connectivity index (χ1n) is 6.92. The van der Waals surface area contributed by atoms with Crippen LogP contribution in [0.4, 0.5) is 0 Å². The van der Waals surface area contributed by atoms with Gasteiger partial charge in [-0.2, -0.15) is 4.31 Å². The van der Waals surface area contributed by atoms with Gasteiger partial charge in [0.05, 0.1) is 11.0 Å². The predicted octanol–water partition coefficient (Wildman–Crippen LogP) is 1.07. The standard InChI is InChI=1S/C14H22N2O3S/c1-3-14(17)12-5-4-6-13(11-12)20(18,19)16-9-7-15(2)8-10-16/h4-6,11,14,17H,3,7-10H2,1-2H3. The lowest BCUT2D eigenvalue weighted by atomic mass is 10.1. The van der Waals surface area contributed by atoms with Crippen LogP contribution in [-0.2, 0) is 10.0 Å². The van der Waals surface area contributed by atoms with Gasteiger partial charge in [0, 0.05) is 26.2 Å². The van der Waals surface area contributed by atoms with Gasteiger partial charge in [0.25, 0.3) is 0 Å². The zero-order valence-electron chi connectivity index (χ0n) is 12.0. The largest absolute Gasteiger partial charge is 0.388 e. The van der Waals surface area contributed by atoms with Crippen molar-refractivity contribution < 1.29 is 13.5 Å². The van der Waals surface area contributed by atoms with Gasteiger partial charge in [-0.1, -0.05) is 19.1 Å². The van der Waals surface area contributed by atoms with Crippen LogP contribution in [0.5, 0.6) is 0 Å². The fourth-order valence-corrected chi connectivity index (χ4v) is 3.77. The number of hydrogen-bond acceptors (Lipinski definition) is 4. The third kappa shape index (κ3) is 3.20. The molecule has 1 N–H and O–H groups in total. The molecule has 1 aliphatic heterocycles. The van der Waals surface area contributed by atoms with Crippen molar-refractivity contribution in [3.63, 3.8) is 0 Å². The summed E-state index contributed by atoms with van der Waals surface area (Å²) < 4.78 is 26.7. The topological polar surface area (TPSA) is 60.9 Å². The van der Waals surface area contributed by atoms with Crippen molar-refractivity contribution in [3.05, 3.63) is 29.8 Å². The van der Waals surface area contributed by atoms with Crippen LogP contribution in [0.15, 0.2) is 29.2 Å². The minimum atomic E-state index is -3.45. The van der Waals surface area contributed by atoms with Crippen LogP contribution in [0.2, 0.25) is 0 Å². The number of likely N-dealkylation sites (N-methyl/N-ethyl adjacent to an activating group) is 1. The summed E-state index contributed by atoms with van der Waals surface area (Å²) in [6, 6.07) is 6.63. The number of hydrogen-bond donors (Lipinski definition) is 1. The van der Waals surface area contributed by atoms with E-state index >= 15 is 0 Å². The molecule has 0 saturated carbocycles. The second kappa shape index (κ2) is 6.22. The van der Waals surface area contributed by atoms with Crippen LogP contribution >= 0.6 is 0 Å². The molecule has 2 rings (SSSR count). The zero-order chi connectivity index (χ0) is 14.8. The highest BCUT2D eigenvalue weighted by Gasteiger charge is 2.27.